The van der Waals surface area contributed by atoms with Crippen molar-refractivity contribution in [3.05, 3.63) is 64.7 Å². The maximum Gasteiger partial charge on any atom is 0.258 e. The molecular weight excluding hydrogens is 260 g/mol. The van der Waals surface area contributed by atoms with Crippen molar-refractivity contribution in [1.82, 2.24) is 0 Å². The fourth-order valence-corrected chi connectivity index (χ4v) is 1.58. The summed E-state index contributed by atoms with van der Waals surface area (Å²) in [6, 6.07) is 9.29. The van der Waals surface area contributed by atoms with E-state index in [0.717, 1.165) is 12.1 Å². The molecule has 0 bridgehead atoms. The zero-order chi connectivity index (χ0) is 13.1. The van der Waals surface area contributed by atoms with Crippen molar-refractivity contribution in [3.8, 4) is 0 Å². The highest BCUT2D eigenvalue weighted by Gasteiger charge is 2.13. The van der Waals surface area contributed by atoms with Gasteiger partial charge >= 0.3 is 0 Å². The maximum atomic E-state index is 13.4. The molecule has 0 saturated carbocycles. The Morgan fingerprint density at radius 2 is 1.78 bits per heavy atom. The molecule has 1 amide bonds. The lowest BCUT2D eigenvalue weighted by molar-refractivity contribution is 0.102. The van der Waals surface area contributed by atoms with E-state index in [4.69, 9.17) is 11.6 Å². The number of carbonyl (C=O) groups is 1. The van der Waals surface area contributed by atoms with Gasteiger partial charge in [0.2, 0.25) is 0 Å². The molecule has 0 saturated heterocycles. The van der Waals surface area contributed by atoms with Gasteiger partial charge in [-0.15, -0.1) is 0 Å². The van der Waals surface area contributed by atoms with Crippen molar-refractivity contribution in [2.45, 2.75) is 0 Å². The van der Waals surface area contributed by atoms with E-state index in [9.17, 15) is 13.6 Å². The highest BCUT2D eigenvalue weighted by Crippen LogP contribution is 2.20. The van der Waals surface area contributed by atoms with E-state index >= 15 is 0 Å². The summed E-state index contributed by atoms with van der Waals surface area (Å²) >= 11 is 5.58. The van der Waals surface area contributed by atoms with E-state index in [1.54, 1.807) is 0 Å². The first kappa shape index (κ1) is 12.5. The quantitative estimate of drug-likeness (QED) is 0.879. The van der Waals surface area contributed by atoms with Crippen molar-refractivity contribution >= 4 is 23.2 Å². The molecule has 2 aromatic rings. The molecule has 0 atom stereocenters. The van der Waals surface area contributed by atoms with Gasteiger partial charge in [0, 0.05) is 5.02 Å². The molecule has 0 aliphatic carbocycles. The Labute approximate surface area is 107 Å². The zero-order valence-electron chi connectivity index (χ0n) is 9.08. The molecule has 0 aromatic heterocycles. The summed E-state index contributed by atoms with van der Waals surface area (Å²) in [4.78, 5) is 11.7. The van der Waals surface area contributed by atoms with E-state index in [1.807, 2.05) is 0 Å². The third-order valence-corrected chi connectivity index (χ3v) is 2.53. The fraction of sp³-hybridized carbons (Fsp3) is 0. The van der Waals surface area contributed by atoms with E-state index in [1.165, 1.54) is 30.3 Å². The zero-order valence-corrected chi connectivity index (χ0v) is 9.84. The van der Waals surface area contributed by atoms with Crippen molar-refractivity contribution in [2.24, 2.45) is 0 Å². The minimum absolute atomic E-state index is 0.0485. The predicted molar refractivity (Wildman–Crippen MR) is 65.8 cm³/mol. The van der Waals surface area contributed by atoms with E-state index < -0.39 is 17.5 Å². The average molecular weight is 268 g/mol. The third kappa shape index (κ3) is 2.65. The molecule has 0 heterocycles. The molecule has 92 valence electrons. The third-order valence-electron chi connectivity index (χ3n) is 2.30. The predicted octanol–water partition coefficient (Wildman–Crippen LogP) is 3.87. The molecule has 2 nitrogen and oxygen atoms in total. The number of hydrogen-bond donors (Lipinski definition) is 1. The van der Waals surface area contributed by atoms with Crippen LogP contribution in [0.5, 0.6) is 0 Å². The smallest absolute Gasteiger partial charge is 0.258 e. The first-order chi connectivity index (χ1) is 8.58. The second kappa shape index (κ2) is 5.14. The first-order valence-electron chi connectivity index (χ1n) is 5.09. The SMILES string of the molecule is O=C(Nc1ccc(Cl)cc1F)c1ccccc1F. The van der Waals surface area contributed by atoms with Gasteiger partial charge in [-0.05, 0) is 30.3 Å². The lowest BCUT2D eigenvalue weighted by Crippen LogP contribution is -2.14. The molecule has 18 heavy (non-hydrogen) atoms. The minimum Gasteiger partial charge on any atom is -0.319 e. The Bertz CT molecular complexity index is 601. The molecule has 0 radical (unpaired) electrons. The number of anilines is 1. The average Bonchev–Trinajstić information content (AvgIpc) is 2.33. The molecule has 0 fully saturated rings. The number of carbonyl (C=O) groups excluding carboxylic acids is 1. The second-order valence-electron chi connectivity index (χ2n) is 3.56. The van der Waals surface area contributed by atoms with Crippen LogP contribution in [-0.4, -0.2) is 5.91 Å². The summed E-state index contributed by atoms with van der Waals surface area (Å²) in [7, 11) is 0. The summed E-state index contributed by atoms with van der Waals surface area (Å²) < 4.78 is 26.8. The van der Waals surface area contributed by atoms with Crippen molar-refractivity contribution < 1.29 is 13.6 Å². The van der Waals surface area contributed by atoms with E-state index in [2.05, 4.69) is 5.32 Å². The van der Waals surface area contributed by atoms with Crippen LogP contribution in [0.4, 0.5) is 14.5 Å². The van der Waals surface area contributed by atoms with Gasteiger partial charge in [-0.1, -0.05) is 23.7 Å². The molecule has 0 aliphatic rings. The highest BCUT2D eigenvalue weighted by molar-refractivity contribution is 6.30. The Balaban J connectivity index is 2.24. The largest absolute Gasteiger partial charge is 0.319 e. The van der Waals surface area contributed by atoms with Crippen LogP contribution < -0.4 is 5.32 Å². The summed E-state index contributed by atoms with van der Waals surface area (Å²) in [5, 5.41) is 2.50. The Morgan fingerprint density at radius 1 is 1.06 bits per heavy atom. The number of halogens is 3. The summed E-state index contributed by atoms with van der Waals surface area (Å²) in [6.45, 7) is 0. The van der Waals surface area contributed by atoms with Crippen LogP contribution >= 0.6 is 11.6 Å². The topological polar surface area (TPSA) is 29.1 Å². The minimum atomic E-state index is -0.714. The van der Waals surface area contributed by atoms with Crippen LogP contribution in [0.25, 0.3) is 0 Å². The van der Waals surface area contributed by atoms with Crippen LogP contribution in [0.1, 0.15) is 10.4 Å². The Morgan fingerprint density at radius 3 is 2.44 bits per heavy atom. The standard InChI is InChI=1S/C13H8ClF2NO/c14-8-5-6-12(11(16)7-8)17-13(18)9-3-1-2-4-10(9)15/h1-7H,(H,17,18). The van der Waals surface area contributed by atoms with Gasteiger partial charge in [0.1, 0.15) is 11.6 Å². The molecule has 2 rings (SSSR count). The van der Waals surface area contributed by atoms with Gasteiger partial charge in [-0.2, -0.15) is 0 Å². The van der Waals surface area contributed by atoms with E-state index in [-0.39, 0.29) is 16.3 Å². The molecule has 0 spiro atoms. The summed E-state index contributed by atoms with van der Waals surface area (Å²) in [6.07, 6.45) is 0. The number of benzene rings is 2. The summed E-state index contributed by atoms with van der Waals surface area (Å²) in [5.41, 5.74) is -0.195. The molecule has 0 unspecified atom stereocenters. The van der Waals surface area contributed by atoms with Crippen LogP contribution in [0.3, 0.4) is 0 Å². The monoisotopic (exact) mass is 267 g/mol. The molecular formula is C13H8ClF2NO. The Hall–Kier alpha value is -1.94. The van der Waals surface area contributed by atoms with Gasteiger partial charge in [0.25, 0.3) is 5.91 Å². The molecule has 1 N–H and O–H groups in total. The number of hydrogen-bond acceptors (Lipinski definition) is 1. The molecule has 2 aromatic carbocycles. The van der Waals surface area contributed by atoms with Crippen LogP contribution in [0.15, 0.2) is 42.5 Å². The fourth-order valence-electron chi connectivity index (χ4n) is 1.43. The van der Waals surface area contributed by atoms with Gasteiger partial charge in [0.15, 0.2) is 0 Å². The highest BCUT2D eigenvalue weighted by atomic mass is 35.5. The number of amides is 1. The number of nitrogens with one attached hydrogen (secondary N) is 1. The summed E-state index contributed by atoms with van der Waals surface area (Å²) in [5.74, 6) is -2.05. The van der Waals surface area contributed by atoms with Crippen LogP contribution in [-0.2, 0) is 0 Å². The van der Waals surface area contributed by atoms with Crippen molar-refractivity contribution in [1.29, 1.82) is 0 Å². The van der Waals surface area contributed by atoms with E-state index in [0.29, 0.717) is 0 Å². The Kier molecular flexibility index (Phi) is 3.58. The lowest BCUT2D eigenvalue weighted by atomic mass is 10.2. The van der Waals surface area contributed by atoms with Crippen molar-refractivity contribution in [3.63, 3.8) is 0 Å². The van der Waals surface area contributed by atoms with Crippen molar-refractivity contribution in [2.75, 3.05) is 5.32 Å². The molecule has 5 heteroatoms. The van der Waals surface area contributed by atoms with Gasteiger partial charge in [0.05, 0.1) is 11.3 Å². The van der Waals surface area contributed by atoms with Gasteiger partial charge < -0.3 is 5.32 Å². The van der Waals surface area contributed by atoms with Gasteiger partial charge in [-0.25, -0.2) is 8.78 Å². The molecule has 0 aliphatic heterocycles. The first-order valence-corrected chi connectivity index (χ1v) is 5.46. The maximum absolute atomic E-state index is 13.4. The van der Waals surface area contributed by atoms with Crippen LogP contribution in [0.2, 0.25) is 5.02 Å². The normalized spacial score (nSPS) is 10.2. The van der Waals surface area contributed by atoms with Crippen LogP contribution in [0, 0.1) is 11.6 Å². The lowest BCUT2D eigenvalue weighted by Gasteiger charge is -2.07. The number of rotatable bonds is 2. The van der Waals surface area contributed by atoms with Gasteiger partial charge in [-0.3, -0.25) is 4.79 Å². The second-order valence-corrected chi connectivity index (χ2v) is 3.99.